The van der Waals surface area contributed by atoms with Gasteiger partial charge >= 0.3 is 0 Å². The van der Waals surface area contributed by atoms with Crippen molar-refractivity contribution in [3.63, 3.8) is 0 Å². The van der Waals surface area contributed by atoms with Crippen LogP contribution in [0.25, 0.3) is 85.6 Å². The summed E-state index contributed by atoms with van der Waals surface area (Å²) in [4.78, 5) is 5.01. The third-order valence-corrected chi connectivity index (χ3v) is 14.6. The molecule has 0 fully saturated rings. The molecule has 0 aliphatic rings. The highest BCUT2D eigenvalue weighted by Crippen LogP contribution is 2.53. The summed E-state index contributed by atoms with van der Waals surface area (Å²) in [5.41, 5.74) is 15.5. The minimum Gasteiger partial charge on any atom is -0.454 e. The van der Waals surface area contributed by atoms with Gasteiger partial charge in [0.25, 0.3) is 0 Å². The molecule has 0 atom stereocenters. The highest BCUT2D eigenvalue weighted by molar-refractivity contribution is 7.26. The van der Waals surface area contributed by atoms with Crippen LogP contribution in [-0.2, 0) is 0 Å². The molecule has 0 bridgehead atoms. The van der Waals surface area contributed by atoms with Crippen LogP contribution in [0, 0.1) is 27.7 Å². The third kappa shape index (κ3) is 6.02. The summed E-state index contributed by atoms with van der Waals surface area (Å²) in [5.74, 6) is 0. The Labute approximate surface area is 387 Å². The molecule has 0 saturated carbocycles. The summed E-state index contributed by atoms with van der Waals surface area (Å²) in [6.45, 7) is 8.82. The van der Waals surface area contributed by atoms with Gasteiger partial charge in [0.2, 0.25) is 0 Å². The number of aryl methyl sites for hydroxylation is 4. The summed E-state index contributed by atoms with van der Waals surface area (Å²) in [5, 5.41) is 12.0. The third-order valence-electron chi connectivity index (χ3n) is 13.4. The van der Waals surface area contributed by atoms with Crippen molar-refractivity contribution in [1.82, 2.24) is 0 Å². The number of anilines is 6. The van der Waals surface area contributed by atoms with Crippen LogP contribution < -0.4 is 9.80 Å². The highest BCUT2D eigenvalue weighted by atomic mass is 32.1. The fourth-order valence-electron chi connectivity index (χ4n) is 10.8. The Bertz CT molecular complexity index is 3790. The molecule has 2 aromatic heterocycles. The second kappa shape index (κ2) is 14.8. The van der Waals surface area contributed by atoms with E-state index in [-0.39, 0.29) is 0 Å². The van der Waals surface area contributed by atoms with Crippen LogP contribution >= 0.6 is 11.3 Å². The number of hydrogen-bond acceptors (Lipinski definition) is 4. The summed E-state index contributed by atoms with van der Waals surface area (Å²) < 4.78 is 9.46. The van der Waals surface area contributed by atoms with Crippen molar-refractivity contribution in [1.29, 1.82) is 0 Å². The molecule has 0 aliphatic carbocycles. The van der Waals surface area contributed by atoms with Gasteiger partial charge in [0.05, 0.1) is 27.4 Å². The molecular formula is C62H44N2OS. The van der Waals surface area contributed by atoms with Gasteiger partial charge in [-0.15, -0.1) is 11.3 Å². The molecule has 0 amide bonds. The lowest BCUT2D eigenvalue weighted by Gasteiger charge is -2.33. The van der Waals surface area contributed by atoms with Gasteiger partial charge in [-0.25, -0.2) is 0 Å². The molecule has 13 aromatic rings. The Hall–Kier alpha value is -7.92. The van der Waals surface area contributed by atoms with Gasteiger partial charge in [-0.05, 0) is 144 Å². The smallest absolute Gasteiger partial charge is 0.159 e. The molecule has 314 valence electrons. The Balaban J connectivity index is 1.20. The van der Waals surface area contributed by atoms with Crippen LogP contribution in [0.1, 0.15) is 22.3 Å². The van der Waals surface area contributed by atoms with Crippen LogP contribution in [0.4, 0.5) is 34.1 Å². The Morgan fingerprint density at radius 2 is 0.909 bits per heavy atom. The maximum Gasteiger partial charge on any atom is 0.159 e. The van der Waals surface area contributed by atoms with Gasteiger partial charge < -0.3 is 14.2 Å². The predicted octanol–water partition coefficient (Wildman–Crippen LogP) is 18.7. The molecule has 66 heavy (non-hydrogen) atoms. The Morgan fingerprint density at radius 3 is 1.58 bits per heavy atom. The molecule has 0 spiro atoms. The zero-order valence-electron chi connectivity index (χ0n) is 37.2. The SMILES string of the molecule is Cc1cc(C)cc(N(c2cc(N(c3cc(C)cc(C)c3)c3cccc4c3sc3ccccc34)c3ccc4cc(-c5ccccc5)cc5ccc2c3c54)c2cccc3c2oc2ccccc23)c1. The normalized spacial score (nSPS) is 11.9. The van der Waals surface area contributed by atoms with Gasteiger partial charge in [0.15, 0.2) is 5.58 Å². The van der Waals surface area contributed by atoms with Crippen molar-refractivity contribution in [2.75, 3.05) is 9.80 Å². The molecular weight excluding hydrogens is 821 g/mol. The summed E-state index contributed by atoms with van der Waals surface area (Å²) in [6, 6.07) is 71.9. The van der Waals surface area contributed by atoms with E-state index in [0.717, 1.165) is 56.1 Å². The average Bonchev–Trinajstić information content (AvgIpc) is 3.91. The molecule has 11 aromatic carbocycles. The molecule has 4 heteroatoms. The van der Waals surface area contributed by atoms with E-state index in [4.69, 9.17) is 4.42 Å². The fraction of sp³-hybridized carbons (Fsp3) is 0.0645. The molecule has 3 nitrogen and oxygen atoms in total. The van der Waals surface area contributed by atoms with Crippen LogP contribution in [0.5, 0.6) is 0 Å². The molecule has 13 rings (SSSR count). The largest absolute Gasteiger partial charge is 0.454 e. The lowest BCUT2D eigenvalue weighted by molar-refractivity contribution is 0.669. The zero-order valence-corrected chi connectivity index (χ0v) is 38.0. The van der Waals surface area contributed by atoms with Crippen molar-refractivity contribution in [3.05, 3.63) is 216 Å². The van der Waals surface area contributed by atoms with Crippen molar-refractivity contribution in [3.8, 4) is 11.1 Å². The summed E-state index contributed by atoms with van der Waals surface area (Å²) in [6.07, 6.45) is 0. The number of nitrogens with zero attached hydrogens (tertiary/aromatic N) is 2. The number of benzene rings is 11. The predicted molar refractivity (Wildman–Crippen MR) is 284 cm³/mol. The minimum absolute atomic E-state index is 0.860. The molecule has 0 N–H and O–H groups in total. The van der Waals surface area contributed by atoms with E-state index >= 15 is 0 Å². The minimum atomic E-state index is 0.860. The number of rotatable bonds is 7. The summed E-state index contributed by atoms with van der Waals surface area (Å²) in [7, 11) is 0. The maximum atomic E-state index is 6.92. The highest BCUT2D eigenvalue weighted by Gasteiger charge is 2.28. The second-order valence-corrected chi connectivity index (χ2v) is 19.1. The molecule has 0 unspecified atom stereocenters. The zero-order chi connectivity index (χ0) is 44.2. The van der Waals surface area contributed by atoms with Crippen LogP contribution in [0.15, 0.2) is 199 Å². The Morgan fingerprint density at radius 1 is 0.364 bits per heavy atom. The molecule has 0 radical (unpaired) electrons. The van der Waals surface area contributed by atoms with Crippen molar-refractivity contribution in [2.24, 2.45) is 0 Å². The van der Waals surface area contributed by atoms with Gasteiger partial charge in [0.1, 0.15) is 5.58 Å². The van der Waals surface area contributed by atoms with Crippen molar-refractivity contribution >= 4 is 120 Å². The maximum absolute atomic E-state index is 6.92. The van der Waals surface area contributed by atoms with Crippen LogP contribution in [0.3, 0.4) is 0 Å². The second-order valence-electron chi connectivity index (χ2n) is 18.0. The van der Waals surface area contributed by atoms with Gasteiger partial charge in [-0.1, -0.05) is 127 Å². The first-order chi connectivity index (χ1) is 32.3. The first-order valence-corrected chi connectivity index (χ1v) is 23.5. The van der Waals surface area contributed by atoms with Crippen LogP contribution in [0.2, 0.25) is 0 Å². The lowest BCUT2D eigenvalue weighted by atomic mass is 9.89. The van der Waals surface area contributed by atoms with Crippen LogP contribution in [-0.4, -0.2) is 0 Å². The lowest BCUT2D eigenvalue weighted by Crippen LogP contribution is -2.15. The fourth-order valence-corrected chi connectivity index (χ4v) is 12.0. The number of thiophene rings is 1. The number of para-hydroxylation sites is 2. The van der Waals surface area contributed by atoms with Crippen molar-refractivity contribution < 1.29 is 4.42 Å². The first kappa shape index (κ1) is 38.5. The molecule has 2 heterocycles. The first-order valence-electron chi connectivity index (χ1n) is 22.7. The number of hydrogen-bond donors (Lipinski definition) is 0. The number of furan rings is 1. The van der Waals surface area contributed by atoms with E-state index in [2.05, 4.69) is 232 Å². The monoisotopic (exact) mass is 864 g/mol. The number of fused-ring (bicyclic) bond motifs is 6. The molecule has 0 aliphatic heterocycles. The van der Waals surface area contributed by atoms with E-state index in [1.54, 1.807) is 0 Å². The van der Waals surface area contributed by atoms with E-state index < -0.39 is 0 Å². The quantitative estimate of drug-likeness (QED) is 0.149. The standard InChI is InChI=1S/C62H44N2OS/c1-37-28-38(2)31-45(30-37)63(53-20-12-18-49-47-16-8-10-22-57(47)65-61(49)53)55-36-56(52-27-25-43-35-44(41-14-6-5-7-15-41)34-42-24-26-51(55)60(52)59(42)43)64(46-32-39(3)29-40(4)33-46)54-21-13-19-50-48-17-9-11-23-58(48)66-62(50)54/h5-36H,1-4H3. The van der Waals surface area contributed by atoms with Gasteiger partial charge in [0, 0.05) is 53.8 Å². The van der Waals surface area contributed by atoms with Gasteiger partial charge in [-0.2, -0.15) is 0 Å². The summed E-state index contributed by atoms with van der Waals surface area (Å²) >= 11 is 1.87. The van der Waals surface area contributed by atoms with Gasteiger partial charge in [-0.3, -0.25) is 0 Å². The molecule has 0 saturated heterocycles. The van der Waals surface area contributed by atoms with E-state index in [1.165, 1.54) is 85.9 Å². The topological polar surface area (TPSA) is 19.6 Å². The van der Waals surface area contributed by atoms with E-state index in [1.807, 2.05) is 11.3 Å². The van der Waals surface area contributed by atoms with E-state index in [0.29, 0.717) is 0 Å². The average molecular weight is 865 g/mol. The van der Waals surface area contributed by atoms with Crippen molar-refractivity contribution in [2.45, 2.75) is 27.7 Å². The Kier molecular flexibility index (Phi) is 8.65. The van der Waals surface area contributed by atoms with E-state index in [9.17, 15) is 0 Å².